The van der Waals surface area contributed by atoms with Gasteiger partial charge >= 0.3 is 0 Å². The minimum atomic E-state index is -0.146. The molecule has 0 amide bonds. The summed E-state index contributed by atoms with van der Waals surface area (Å²) in [5, 5.41) is 8.74. The van der Waals surface area contributed by atoms with Crippen LogP contribution in [0.5, 0.6) is 0 Å². The molecule has 1 fully saturated rings. The second-order valence-corrected chi connectivity index (χ2v) is 4.14. The first-order chi connectivity index (χ1) is 7.31. The van der Waals surface area contributed by atoms with Crippen molar-refractivity contribution in [3.8, 4) is 6.07 Å². The third-order valence-corrected chi connectivity index (χ3v) is 3.07. The zero-order valence-corrected chi connectivity index (χ0v) is 8.65. The standard InChI is InChI=1S/C12H14N2O/c13-8-11-6-3-7-14(12(11)15)9-10-4-1-2-5-10/h3,6-7,10H,1-2,4-5,9H2. The molecule has 1 aliphatic rings. The first kappa shape index (κ1) is 9.97. The van der Waals surface area contributed by atoms with E-state index in [9.17, 15) is 4.79 Å². The van der Waals surface area contributed by atoms with Crippen LogP contribution in [-0.2, 0) is 6.54 Å². The molecule has 1 saturated carbocycles. The molecule has 15 heavy (non-hydrogen) atoms. The molecule has 0 spiro atoms. The Morgan fingerprint density at radius 3 is 2.87 bits per heavy atom. The quantitative estimate of drug-likeness (QED) is 0.735. The van der Waals surface area contributed by atoms with Crippen LogP contribution in [0.3, 0.4) is 0 Å². The Hall–Kier alpha value is -1.56. The average molecular weight is 202 g/mol. The van der Waals surface area contributed by atoms with E-state index >= 15 is 0 Å². The summed E-state index contributed by atoms with van der Waals surface area (Å²) in [6.07, 6.45) is 6.75. The van der Waals surface area contributed by atoms with Crippen LogP contribution in [0, 0.1) is 17.2 Å². The van der Waals surface area contributed by atoms with Crippen LogP contribution in [0.2, 0.25) is 0 Å². The number of hydrogen-bond acceptors (Lipinski definition) is 2. The highest BCUT2D eigenvalue weighted by molar-refractivity contribution is 5.24. The van der Waals surface area contributed by atoms with E-state index in [1.807, 2.05) is 6.07 Å². The number of nitriles is 1. The molecule has 0 aromatic carbocycles. The Kier molecular flexibility index (Phi) is 2.86. The van der Waals surface area contributed by atoms with Gasteiger partial charge < -0.3 is 4.57 Å². The molecule has 0 atom stereocenters. The molecular formula is C12H14N2O. The van der Waals surface area contributed by atoms with Crippen LogP contribution in [0.15, 0.2) is 23.1 Å². The van der Waals surface area contributed by atoms with Gasteiger partial charge in [-0.05, 0) is 30.9 Å². The summed E-state index contributed by atoms with van der Waals surface area (Å²) in [7, 11) is 0. The average Bonchev–Trinajstić information content (AvgIpc) is 2.74. The summed E-state index contributed by atoms with van der Waals surface area (Å²) >= 11 is 0. The van der Waals surface area contributed by atoms with Gasteiger partial charge in [0.2, 0.25) is 0 Å². The fourth-order valence-electron chi connectivity index (χ4n) is 2.24. The van der Waals surface area contributed by atoms with E-state index in [4.69, 9.17) is 5.26 Å². The number of hydrogen-bond donors (Lipinski definition) is 0. The maximum absolute atomic E-state index is 11.7. The Labute approximate surface area is 89.0 Å². The Balaban J connectivity index is 2.21. The van der Waals surface area contributed by atoms with E-state index in [1.165, 1.54) is 25.7 Å². The van der Waals surface area contributed by atoms with Gasteiger partial charge in [0.05, 0.1) is 0 Å². The molecule has 1 aliphatic carbocycles. The van der Waals surface area contributed by atoms with Crippen molar-refractivity contribution in [3.05, 3.63) is 34.2 Å². The van der Waals surface area contributed by atoms with Crippen LogP contribution in [-0.4, -0.2) is 4.57 Å². The first-order valence-corrected chi connectivity index (χ1v) is 5.41. The zero-order chi connectivity index (χ0) is 10.7. The highest BCUT2D eigenvalue weighted by Gasteiger charge is 2.16. The number of pyridine rings is 1. The second kappa shape index (κ2) is 4.31. The lowest BCUT2D eigenvalue weighted by Crippen LogP contribution is -2.24. The monoisotopic (exact) mass is 202 g/mol. The van der Waals surface area contributed by atoms with E-state index in [1.54, 1.807) is 22.9 Å². The molecule has 1 heterocycles. The van der Waals surface area contributed by atoms with Gasteiger partial charge in [0.15, 0.2) is 0 Å². The number of rotatable bonds is 2. The molecule has 1 aromatic rings. The van der Waals surface area contributed by atoms with Crippen LogP contribution < -0.4 is 5.56 Å². The van der Waals surface area contributed by atoms with Gasteiger partial charge in [-0.15, -0.1) is 0 Å². The molecule has 0 N–H and O–H groups in total. The molecule has 2 rings (SSSR count). The van der Waals surface area contributed by atoms with E-state index in [2.05, 4.69) is 0 Å². The Bertz CT molecular complexity index is 436. The van der Waals surface area contributed by atoms with Gasteiger partial charge in [-0.25, -0.2) is 0 Å². The summed E-state index contributed by atoms with van der Waals surface area (Å²) < 4.78 is 1.68. The van der Waals surface area contributed by atoms with Crippen molar-refractivity contribution in [2.24, 2.45) is 5.92 Å². The molecule has 0 aliphatic heterocycles. The predicted molar refractivity (Wildman–Crippen MR) is 57.4 cm³/mol. The van der Waals surface area contributed by atoms with Crippen molar-refractivity contribution in [2.45, 2.75) is 32.2 Å². The smallest absolute Gasteiger partial charge is 0.268 e. The summed E-state index contributed by atoms with van der Waals surface area (Å²) in [5.74, 6) is 0.622. The van der Waals surface area contributed by atoms with Crippen LogP contribution in [0.25, 0.3) is 0 Å². The van der Waals surface area contributed by atoms with Crippen LogP contribution >= 0.6 is 0 Å². The minimum Gasteiger partial charge on any atom is -0.314 e. The molecule has 0 saturated heterocycles. The van der Waals surface area contributed by atoms with Gasteiger partial charge in [0, 0.05) is 12.7 Å². The molecule has 3 nitrogen and oxygen atoms in total. The SMILES string of the molecule is N#Cc1cccn(CC2CCCC2)c1=O. The lowest BCUT2D eigenvalue weighted by molar-refractivity contribution is 0.448. The van der Waals surface area contributed by atoms with Gasteiger partial charge in [-0.1, -0.05) is 12.8 Å². The highest BCUT2D eigenvalue weighted by atomic mass is 16.1. The van der Waals surface area contributed by atoms with Crippen molar-refractivity contribution in [1.82, 2.24) is 4.57 Å². The summed E-state index contributed by atoms with van der Waals surface area (Å²) in [6, 6.07) is 5.28. The van der Waals surface area contributed by atoms with Crippen molar-refractivity contribution >= 4 is 0 Å². The fourth-order valence-corrected chi connectivity index (χ4v) is 2.24. The largest absolute Gasteiger partial charge is 0.314 e. The normalized spacial score (nSPS) is 16.5. The van der Waals surface area contributed by atoms with Gasteiger partial charge in [-0.3, -0.25) is 4.79 Å². The van der Waals surface area contributed by atoms with Crippen molar-refractivity contribution in [1.29, 1.82) is 5.26 Å². The first-order valence-electron chi connectivity index (χ1n) is 5.41. The summed E-state index contributed by atoms with van der Waals surface area (Å²) in [5.41, 5.74) is 0.0994. The van der Waals surface area contributed by atoms with Crippen molar-refractivity contribution < 1.29 is 0 Å². The molecule has 78 valence electrons. The predicted octanol–water partition coefficient (Wildman–Crippen LogP) is 1.91. The lowest BCUT2D eigenvalue weighted by Gasteiger charge is -2.11. The van der Waals surface area contributed by atoms with E-state index < -0.39 is 0 Å². The molecule has 0 radical (unpaired) electrons. The summed E-state index contributed by atoms with van der Waals surface area (Å²) in [6.45, 7) is 0.772. The molecule has 3 heteroatoms. The van der Waals surface area contributed by atoms with Crippen LogP contribution in [0.4, 0.5) is 0 Å². The molecule has 0 bridgehead atoms. The van der Waals surface area contributed by atoms with Gasteiger partial charge in [0.25, 0.3) is 5.56 Å². The summed E-state index contributed by atoms with van der Waals surface area (Å²) in [4.78, 5) is 11.7. The zero-order valence-electron chi connectivity index (χ0n) is 8.65. The van der Waals surface area contributed by atoms with Crippen molar-refractivity contribution in [2.75, 3.05) is 0 Å². The maximum atomic E-state index is 11.7. The van der Waals surface area contributed by atoms with Crippen molar-refractivity contribution in [3.63, 3.8) is 0 Å². The van der Waals surface area contributed by atoms with Crippen LogP contribution in [0.1, 0.15) is 31.2 Å². The topological polar surface area (TPSA) is 45.8 Å². The fraction of sp³-hybridized carbons (Fsp3) is 0.500. The van der Waals surface area contributed by atoms with E-state index in [0.29, 0.717) is 5.92 Å². The maximum Gasteiger partial charge on any atom is 0.268 e. The van der Waals surface area contributed by atoms with Gasteiger partial charge in [-0.2, -0.15) is 5.26 Å². The third kappa shape index (κ3) is 2.10. The Morgan fingerprint density at radius 2 is 2.20 bits per heavy atom. The van der Waals surface area contributed by atoms with Gasteiger partial charge in [0.1, 0.15) is 11.6 Å². The lowest BCUT2D eigenvalue weighted by atomic mass is 10.1. The molecular weight excluding hydrogens is 188 g/mol. The second-order valence-electron chi connectivity index (χ2n) is 4.14. The number of aromatic nitrogens is 1. The van der Waals surface area contributed by atoms with E-state index in [0.717, 1.165) is 6.54 Å². The van der Waals surface area contributed by atoms with E-state index in [-0.39, 0.29) is 11.1 Å². The molecule has 0 unspecified atom stereocenters. The Morgan fingerprint density at radius 1 is 1.47 bits per heavy atom. The number of nitrogens with zero attached hydrogens (tertiary/aromatic N) is 2. The third-order valence-electron chi connectivity index (χ3n) is 3.07. The highest BCUT2D eigenvalue weighted by Crippen LogP contribution is 2.25. The minimum absolute atomic E-state index is 0.146. The molecule has 1 aromatic heterocycles.